The highest BCUT2D eigenvalue weighted by Gasteiger charge is 2.24. The van der Waals surface area contributed by atoms with Gasteiger partial charge in [-0.3, -0.25) is 9.59 Å². The van der Waals surface area contributed by atoms with Gasteiger partial charge in [0, 0.05) is 12.3 Å². The molecule has 1 rings (SSSR count). The Hall–Kier alpha value is -1.64. The first-order valence-corrected chi connectivity index (χ1v) is 6.60. The molecular weight excluding hydrogens is 240 g/mol. The Morgan fingerprint density at radius 3 is 2.21 bits per heavy atom. The first-order chi connectivity index (χ1) is 8.93. The summed E-state index contributed by atoms with van der Waals surface area (Å²) in [5, 5.41) is 0. The van der Waals surface area contributed by atoms with Gasteiger partial charge in [0.2, 0.25) is 0 Å². The van der Waals surface area contributed by atoms with E-state index in [0.29, 0.717) is 6.42 Å². The highest BCUT2D eigenvalue weighted by molar-refractivity contribution is 5.85. The number of benzene rings is 1. The molecule has 104 valence electrons. The van der Waals surface area contributed by atoms with Crippen LogP contribution < -0.4 is 0 Å². The smallest absolute Gasteiger partial charge is 0.309 e. The second kappa shape index (κ2) is 7.07. The van der Waals surface area contributed by atoms with Gasteiger partial charge >= 0.3 is 5.97 Å². The van der Waals surface area contributed by atoms with Crippen LogP contribution in [0.2, 0.25) is 0 Å². The molecule has 3 heteroatoms. The Kier molecular flexibility index (Phi) is 5.74. The molecular formula is C16H22O3. The first-order valence-electron chi connectivity index (χ1n) is 6.60. The van der Waals surface area contributed by atoms with E-state index in [0.717, 1.165) is 5.56 Å². The normalized spacial score (nSPS) is 12.3. The minimum absolute atomic E-state index is 0.0508. The van der Waals surface area contributed by atoms with Crippen LogP contribution in [0.15, 0.2) is 24.3 Å². The van der Waals surface area contributed by atoms with Gasteiger partial charge in [-0.15, -0.1) is 0 Å². The van der Waals surface area contributed by atoms with Gasteiger partial charge in [-0.25, -0.2) is 0 Å². The molecule has 0 radical (unpaired) electrons. The maximum atomic E-state index is 11.8. The van der Waals surface area contributed by atoms with Crippen molar-refractivity contribution in [3.05, 3.63) is 35.4 Å². The van der Waals surface area contributed by atoms with Crippen LogP contribution in [0.4, 0.5) is 0 Å². The number of carbonyl (C=O) groups excluding carboxylic acids is 2. The molecule has 0 aromatic heterocycles. The molecule has 1 atom stereocenters. The van der Waals surface area contributed by atoms with Crippen LogP contribution in [0.25, 0.3) is 0 Å². The number of methoxy groups -OCH3 is 1. The average molecular weight is 262 g/mol. The van der Waals surface area contributed by atoms with Crippen molar-refractivity contribution in [2.45, 2.75) is 33.6 Å². The molecule has 0 N–H and O–H groups in total. The number of esters is 1. The van der Waals surface area contributed by atoms with Crippen LogP contribution in [-0.2, 0) is 20.7 Å². The van der Waals surface area contributed by atoms with E-state index in [4.69, 9.17) is 4.74 Å². The van der Waals surface area contributed by atoms with E-state index in [2.05, 4.69) is 0 Å². The Bertz CT molecular complexity index is 432. The number of aryl methyl sites for hydroxylation is 1. The summed E-state index contributed by atoms with van der Waals surface area (Å²) in [4.78, 5) is 23.6. The van der Waals surface area contributed by atoms with E-state index in [1.165, 1.54) is 12.7 Å². The minimum Gasteiger partial charge on any atom is -0.469 e. The van der Waals surface area contributed by atoms with Crippen molar-refractivity contribution in [2.24, 2.45) is 11.8 Å². The number of hydrogen-bond donors (Lipinski definition) is 0. The number of hydrogen-bond acceptors (Lipinski definition) is 3. The summed E-state index contributed by atoms with van der Waals surface area (Å²) in [7, 11) is 1.37. The van der Waals surface area contributed by atoms with E-state index in [1.54, 1.807) is 0 Å². The summed E-state index contributed by atoms with van der Waals surface area (Å²) in [6, 6.07) is 8.00. The lowest BCUT2D eigenvalue weighted by Gasteiger charge is -2.15. The maximum Gasteiger partial charge on any atom is 0.309 e. The van der Waals surface area contributed by atoms with Crippen LogP contribution in [0.5, 0.6) is 0 Å². The number of Topliss-reactive ketones (excluding diaryl/α,β-unsaturated/α-hetero) is 1. The van der Waals surface area contributed by atoms with Crippen LogP contribution >= 0.6 is 0 Å². The molecule has 0 aliphatic heterocycles. The number of ketones is 1. The molecule has 0 aliphatic carbocycles. The van der Waals surface area contributed by atoms with Gasteiger partial charge in [-0.05, 0) is 18.9 Å². The van der Waals surface area contributed by atoms with Crippen molar-refractivity contribution in [2.75, 3.05) is 7.11 Å². The Balaban J connectivity index is 2.77. The third-order valence-corrected chi connectivity index (χ3v) is 3.23. The van der Waals surface area contributed by atoms with Gasteiger partial charge in [-0.2, -0.15) is 0 Å². The molecule has 0 heterocycles. The molecule has 1 aromatic rings. The fraction of sp³-hybridized carbons (Fsp3) is 0.500. The summed E-state index contributed by atoms with van der Waals surface area (Å²) in [6.45, 7) is 5.72. The Morgan fingerprint density at radius 2 is 1.74 bits per heavy atom. The maximum absolute atomic E-state index is 11.8. The highest BCUT2D eigenvalue weighted by Crippen LogP contribution is 2.17. The molecule has 0 saturated carbocycles. The summed E-state index contributed by atoms with van der Waals surface area (Å²) < 4.78 is 4.80. The largest absolute Gasteiger partial charge is 0.469 e. The molecule has 0 saturated heterocycles. The molecule has 0 bridgehead atoms. The predicted octanol–water partition coefficient (Wildman–Crippen LogP) is 2.94. The van der Waals surface area contributed by atoms with E-state index in [-0.39, 0.29) is 30.0 Å². The minimum atomic E-state index is -0.386. The van der Waals surface area contributed by atoms with Gasteiger partial charge in [0.15, 0.2) is 0 Å². The predicted molar refractivity (Wildman–Crippen MR) is 74.9 cm³/mol. The van der Waals surface area contributed by atoms with E-state index < -0.39 is 0 Å². The SMILES string of the molecule is COC(=O)C(CC(=O)C(C)C)Cc1ccc(C)cc1. The molecule has 1 aromatic carbocycles. The fourth-order valence-electron chi connectivity index (χ4n) is 1.89. The first kappa shape index (κ1) is 15.4. The van der Waals surface area contributed by atoms with Crippen molar-refractivity contribution < 1.29 is 14.3 Å². The number of ether oxygens (including phenoxy) is 1. The average Bonchev–Trinajstić information content (AvgIpc) is 2.39. The zero-order valence-electron chi connectivity index (χ0n) is 12.1. The zero-order valence-corrected chi connectivity index (χ0v) is 12.1. The molecule has 0 aliphatic rings. The van der Waals surface area contributed by atoms with E-state index in [1.807, 2.05) is 45.0 Å². The van der Waals surface area contributed by atoms with Crippen LogP contribution in [0.3, 0.4) is 0 Å². The summed E-state index contributed by atoms with van der Waals surface area (Å²) in [6.07, 6.45) is 0.795. The number of rotatable bonds is 6. The third kappa shape index (κ3) is 4.86. The molecule has 3 nitrogen and oxygen atoms in total. The van der Waals surface area contributed by atoms with Crippen molar-refractivity contribution >= 4 is 11.8 Å². The quantitative estimate of drug-likeness (QED) is 0.740. The van der Waals surface area contributed by atoms with Crippen LogP contribution in [0.1, 0.15) is 31.4 Å². The standard InChI is InChI=1S/C16H22O3/c1-11(2)15(17)10-14(16(18)19-4)9-13-7-5-12(3)6-8-13/h5-8,11,14H,9-10H2,1-4H3. The second-order valence-corrected chi connectivity index (χ2v) is 5.23. The van der Waals surface area contributed by atoms with E-state index in [9.17, 15) is 9.59 Å². The summed E-state index contributed by atoms with van der Waals surface area (Å²) in [5.41, 5.74) is 2.23. The van der Waals surface area contributed by atoms with Crippen molar-refractivity contribution in [1.82, 2.24) is 0 Å². The lowest BCUT2D eigenvalue weighted by atomic mass is 9.91. The van der Waals surface area contributed by atoms with Crippen LogP contribution in [0, 0.1) is 18.8 Å². The topological polar surface area (TPSA) is 43.4 Å². The van der Waals surface area contributed by atoms with Gasteiger partial charge in [0.05, 0.1) is 13.0 Å². The fourth-order valence-corrected chi connectivity index (χ4v) is 1.89. The van der Waals surface area contributed by atoms with Crippen LogP contribution in [-0.4, -0.2) is 18.9 Å². The highest BCUT2D eigenvalue weighted by atomic mass is 16.5. The monoisotopic (exact) mass is 262 g/mol. The van der Waals surface area contributed by atoms with Gasteiger partial charge in [0.1, 0.15) is 5.78 Å². The second-order valence-electron chi connectivity index (χ2n) is 5.23. The molecule has 0 amide bonds. The third-order valence-electron chi connectivity index (χ3n) is 3.23. The zero-order chi connectivity index (χ0) is 14.4. The van der Waals surface area contributed by atoms with Gasteiger partial charge in [-0.1, -0.05) is 43.7 Å². The summed E-state index contributed by atoms with van der Waals surface area (Å²) >= 11 is 0. The van der Waals surface area contributed by atoms with Gasteiger partial charge < -0.3 is 4.74 Å². The molecule has 0 fully saturated rings. The molecule has 0 spiro atoms. The van der Waals surface area contributed by atoms with Gasteiger partial charge in [0.25, 0.3) is 0 Å². The summed E-state index contributed by atoms with van der Waals surface area (Å²) in [5.74, 6) is -0.648. The Labute approximate surface area is 115 Å². The van der Waals surface area contributed by atoms with Crippen molar-refractivity contribution in [1.29, 1.82) is 0 Å². The Morgan fingerprint density at radius 1 is 1.16 bits per heavy atom. The van der Waals surface area contributed by atoms with Crippen molar-refractivity contribution in [3.8, 4) is 0 Å². The molecule has 19 heavy (non-hydrogen) atoms. The molecule has 1 unspecified atom stereocenters. The number of carbonyl (C=O) groups is 2. The lowest BCUT2D eigenvalue weighted by molar-refractivity contribution is -0.147. The lowest BCUT2D eigenvalue weighted by Crippen LogP contribution is -2.24. The van der Waals surface area contributed by atoms with E-state index >= 15 is 0 Å². The van der Waals surface area contributed by atoms with Crippen molar-refractivity contribution in [3.63, 3.8) is 0 Å².